The number of benzene rings is 1. The van der Waals surface area contributed by atoms with Gasteiger partial charge in [-0.25, -0.2) is 28.3 Å². The van der Waals surface area contributed by atoms with Gasteiger partial charge in [-0.3, -0.25) is 19.0 Å². The van der Waals surface area contributed by atoms with Crippen molar-refractivity contribution in [2.24, 2.45) is 5.92 Å². The highest BCUT2D eigenvalue weighted by Crippen LogP contribution is 2.32. The van der Waals surface area contributed by atoms with Gasteiger partial charge in [0.15, 0.2) is 11.6 Å². The maximum Gasteiger partial charge on any atom is 0.414 e. The molecule has 0 bridgehead atoms. The first-order chi connectivity index (χ1) is 21.0. The van der Waals surface area contributed by atoms with Crippen LogP contribution in [0.15, 0.2) is 36.8 Å². The zero-order valence-corrected chi connectivity index (χ0v) is 24.4. The number of imidazole rings is 1. The van der Waals surface area contributed by atoms with Crippen LogP contribution in [-0.2, 0) is 9.47 Å². The van der Waals surface area contributed by atoms with Crippen molar-refractivity contribution < 1.29 is 37.7 Å². The Balaban J connectivity index is 1.20. The third kappa shape index (κ3) is 6.50. The predicted octanol–water partition coefficient (Wildman–Crippen LogP) is 1.58. The second-order valence-corrected chi connectivity index (χ2v) is 10.9. The standard InChI is InChI=1S/C28H34F2N8O6/c1-16(2)22(34-24(39)21-15-37-6-4-5-31-26(37)33-21)25(40)36-9-7-35(8-10-36)23-19(29)11-17(12-20(23)30)38-14-18(44-28(38)42)13-32-27(41)43-3/h4-6,11-12,15-16,18,22,25,40H,7-10,13-14H2,1-3H3,(H,32,41)(H,34,39)/t18-,22-,25?/m0/s1. The zero-order chi connectivity index (χ0) is 31.5. The highest BCUT2D eigenvalue weighted by atomic mass is 19.1. The summed E-state index contributed by atoms with van der Waals surface area (Å²) in [5, 5.41) is 16.5. The number of methoxy groups -OCH3 is 1. The summed E-state index contributed by atoms with van der Waals surface area (Å²) in [5.41, 5.74) is -0.0924. The summed E-state index contributed by atoms with van der Waals surface area (Å²) in [5.74, 6) is -1.93. The molecule has 0 spiro atoms. The van der Waals surface area contributed by atoms with Gasteiger partial charge >= 0.3 is 12.2 Å². The Labute approximate surface area is 251 Å². The van der Waals surface area contributed by atoms with Crippen LogP contribution in [0.1, 0.15) is 24.3 Å². The van der Waals surface area contributed by atoms with Gasteiger partial charge < -0.3 is 30.1 Å². The van der Waals surface area contributed by atoms with E-state index in [1.54, 1.807) is 34.0 Å². The fourth-order valence-electron chi connectivity index (χ4n) is 5.31. The van der Waals surface area contributed by atoms with Crippen LogP contribution in [0, 0.1) is 17.6 Å². The van der Waals surface area contributed by atoms with Crippen LogP contribution in [0.5, 0.6) is 0 Å². The van der Waals surface area contributed by atoms with Crippen LogP contribution in [0.3, 0.4) is 0 Å². The number of nitrogens with one attached hydrogen (secondary N) is 2. The first kappa shape index (κ1) is 30.9. The first-order valence-electron chi connectivity index (χ1n) is 14.1. The van der Waals surface area contributed by atoms with Crippen LogP contribution < -0.4 is 20.4 Å². The molecule has 0 saturated carbocycles. The van der Waals surface area contributed by atoms with Gasteiger partial charge in [-0.05, 0) is 12.0 Å². The summed E-state index contributed by atoms with van der Waals surface area (Å²) < 4.78 is 41.9. The number of carbonyl (C=O) groups excluding carboxylic acids is 3. The summed E-state index contributed by atoms with van der Waals surface area (Å²) in [7, 11) is 1.20. The molecule has 2 aliphatic rings. The number of fused-ring (bicyclic) bond motifs is 1. The van der Waals surface area contributed by atoms with Crippen LogP contribution in [0.4, 0.5) is 29.7 Å². The number of carbonyl (C=O) groups is 3. The lowest BCUT2D eigenvalue weighted by atomic mass is 10.0. The monoisotopic (exact) mass is 616 g/mol. The summed E-state index contributed by atoms with van der Waals surface area (Å²) in [4.78, 5) is 49.3. The number of ether oxygens (including phenoxy) is 2. The second-order valence-electron chi connectivity index (χ2n) is 10.9. The molecule has 5 rings (SSSR count). The van der Waals surface area contributed by atoms with E-state index in [1.807, 2.05) is 13.8 Å². The fraction of sp³-hybridized carbons (Fsp3) is 0.464. The molecule has 3 aromatic rings. The quantitative estimate of drug-likeness (QED) is 0.323. The number of rotatable bonds is 9. The van der Waals surface area contributed by atoms with Crippen molar-refractivity contribution in [3.05, 3.63) is 54.1 Å². The molecule has 2 fully saturated rings. The van der Waals surface area contributed by atoms with Crippen molar-refractivity contribution in [3.8, 4) is 0 Å². The molecular weight excluding hydrogens is 582 g/mol. The molecular formula is C28H34F2N8O6. The molecule has 44 heavy (non-hydrogen) atoms. The highest BCUT2D eigenvalue weighted by molar-refractivity contribution is 5.93. The van der Waals surface area contributed by atoms with E-state index < -0.39 is 48.1 Å². The number of nitrogens with zero attached hydrogens (tertiary/aromatic N) is 6. The predicted molar refractivity (Wildman–Crippen MR) is 153 cm³/mol. The molecule has 0 radical (unpaired) electrons. The number of hydrogen-bond donors (Lipinski definition) is 3. The third-order valence-electron chi connectivity index (χ3n) is 7.66. The molecule has 3 amide bonds. The first-order valence-corrected chi connectivity index (χ1v) is 14.1. The molecule has 3 N–H and O–H groups in total. The summed E-state index contributed by atoms with van der Waals surface area (Å²) in [6.45, 7) is 4.65. The Kier molecular flexibility index (Phi) is 9.10. The Hall–Kier alpha value is -4.57. The lowest BCUT2D eigenvalue weighted by Gasteiger charge is -2.41. The molecule has 236 valence electrons. The number of hydrogen-bond acceptors (Lipinski definition) is 10. The van der Waals surface area contributed by atoms with E-state index in [9.17, 15) is 19.5 Å². The van der Waals surface area contributed by atoms with Gasteiger partial charge in [0.2, 0.25) is 5.78 Å². The number of cyclic esters (lactones) is 1. The minimum atomic E-state index is -1.06. The molecule has 2 aliphatic heterocycles. The maximum absolute atomic E-state index is 15.3. The Bertz CT molecular complexity index is 1470. The molecule has 2 saturated heterocycles. The largest absolute Gasteiger partial charge is 0.453 e. The second kappa shape index (κ2) is 13.0. The number of aliphatic hydroxyl groups is 1. The number of amides is 3. The Morgan fingerprint density at radius 2 is 1.89 bits per heavy atom. The fourth-order valence-corrected chi connectivity index (χ4v) is 5.31. The summed E-state index contributed by atoms with van der Waals surface area (Å²) >= 11 is 0. The van der Waals surface area contributed by atoms with Gasteiger partial charge in [0.25, 0.3) is 5.91 Å². The van der Waals surface area contributed by atoms with Gasteiger partial charge in [0.05, 0.1) is 31.9 Å². The Morgan fingerprint density at radius 3 is 2.52 bits per heavy atom. The lowest BCUT2D eigenvalue weighted by Crippen LogP contribution is -2.59. The number of halogens is 2. The average Bonchev–Trinajstić information content (AvgIpc) is 3.61. The normalized spacial score (nSPS) is 18.8. The van der Waals surface area contributed by atoms with E-state index in [0.717, 1.165) is 17.0 Å². The van der Waals surface area contributed by atoms with E-state index in [4.69, 9.17) is 4.74 Å². The molecule has 3 atom stereocenters. The lowest BCUT2D eigenvalue weighted by molar-refractivity contribution is -0.0365. The average molecular weight is 617 g/mol. The molecule has 16 heteroatoms. The summed E-state index contributed by atoms with van der Waals surface area (Å²) in [6, 6.07) is 3.20. The number of anilines is 2. The van der Waals surface area contributed by atoms with Crippen molar-refractivity contribution in [3.63, 3.8) is 0 Å². The maximum atomic E-state index is 15.3. The molecule has 14 nitrogen and oxygen atoms in total. The Morgan fingerprint density at radius 1 is 1.18 bits per heavy atom. The van der Waals surface area contributed by atoms with Gasteiger partial charge in [-0.1, -0.05) is 13.8 Å². The summed E-state index contributed by atoms with van der Waals surface area (Å²) in [6.07, 6.45) is 1.59. The number of aromatic nitrogens is 3. The van der Waals surface area contributed by atoms with Crippen molar-refractivity contribution in [1.82, 2.24) is 29.9 Å². The van der Waals surface area contributed by atoms with E-state index in [-0.39, 0.29) is 62.3 Å². The van der Waals surface area contributed by atoms with Crippen LogP contribution in [0.25, 0.3) is 5.78 Å². The van der Waals surface area contributed by atoms with E-state index in [2.05, 4.69) is 25.3 Å². The molecule has 1 aromatic carbocycles. The van der Waals surface area contributed by atoms with E-state index >= 15 is 8.78 Å². The van der Waals surface area contributed by atoms with Crippen molar-refractivity contribution in [2.45, 2.75) is 32.2 Å². The van der Waals surface area contributed by atoms with Gasteiger partial charge in [0, 0.05) is 56.9 Å². The smallest absolute Gasteiger partial charge is 0.414 e. The topological polar surface area (TPSA) is 154 Å². The number of piperazine rings is 1. The van der Waals surface area contributed by atoms with Crippen LogP contribution in [0.2, 0.25) is 0 Å². The van der Waals surface area contributed by atoms with Gasteiger partial charge in [-0.2, -0.15) is 0 Å². The van der Waals surface area contributed by atoms with Gasteiger partial charge in [-0.15, -0.1) is 0 Å². The molecule has 4 heterocycles. The van der Waals surface area contributed by atoms with Crippen molar-refractivity contribution in [2.75, 3.05) is 56.2 Å². The minimum Gasteiger partial charge on any atom is -0.453 e. The molecule has 2 aromatic heterocycles. The molecule has 0 aliphatic carbocycles. The van der Waals surface area contributed by atoms with Crippen molar-refractivity contribution >= 4 is 35.2 Å². The van der Waals surface area contributed by atoms with E-state index in [1.165, 1.54) is 12.0 Å². The van der Waals surface area contributed by atoms with E-state index in [0.29, 0.717) is 5.78 Å². The van der Waals surface area contributed by atoms with Crippen molar-refractivity contribution in [1.29, 1.82) is 0 Å². The van der Waals surface area contributed by atoms with Crippen LogP contribution >= 0.6 is 0 Å². The molecule has 1 unspecified atom stereocenters. The third-order valence-corrected chi connectivity index (χ3v) is 7.66. The zero-order valence-electron chi connectivity index (χ0n) is 24.4. The number of alkyl carbamates (subject to hydrolysis) is 1. The minimum absolute atomic E-state index is 0.0136. The number of aliphatic hydroxyl groups excluding tert-OH is 1. The van der Waals surface area contributed by atoms with Gasteiger partial charge in [0.1, 0.15) is 23.7 Å². The highest BCUT2D eigenvalue weighted by Gasteiger charge is 2.36. The SMILES string of the molecule is COC(=O)NC[C@H]1CN(c2cc(F)c(N3CCN(C(O)[C@@H](NC(=O)c4cn5cccnc5n4)C(C)C)CC3)c(F)c2)C(=O)O1. The van der Waals surface area contributed by atoms with Crippen LogP contribution in [-0.4, -0.2) is 107 Å².